The summed E-state index contributed by atoms with van der Waals surface area (Å²) in [5.74, 6) is 0.0440. The minimum Gasteiger partial charge on any atom is -0.493 e. The summed E-state index contributed by atoms with van der Waals surface area (Å²) in [5.41, 5.74) is 2.66. The maximum Gasteiger partial charge on any atom is 0.434 e. The highest BCUT2D eigenvalue weighted by Gasteiger charge is 2.28. The van der Waals surface area contributed by atoms with Crippen LogP contribution in [0.25, 0.3) is 0 Å². The van der Waals surface area contributed by atoms with Crippen LogP contribution in [0.4, 0.5) is 32.3 Å². The first-order chi connectivity index (χ1) is 17.1. The fraction of sp³-hybridized carbons (Fsp3) is 0.292. The predicted molar refractivity (Wildman–Crippen MR) is 130 cm³/mol. The van der Waals surface area contributed by atoms with E-state index >= 15 is 0 Å². The zero-order valence-electron chi connectivity index (χ0n) is 19.9. The molecule has 1 aliphatic rings. The smallest absolute Gasteiger partial charge is 0.434 e. The van der Waals surface area contributed by atoms with E-state index in [0.29, 0.717) is 18.8 Å². The van der Waals surface area contributed by atoms with Gasteiger partial charge in [-0.1, -0.05) is 18.2 Å². The molecule has 12 heteroatoms. The summed E-state index contributed by atoms with van der Waals surface area (Å²) in [6.07, 6.45) is 0.797. The van der Waals surface area contributed by atoms with Gasteiger partial charge in [-0.15, -0.1) is 0 Å². The van der Waals surface area contributed by atoms with Crippen LogP contribution in [-0.2, 0) is 4.74 Å². The highest BCUT2D eigenvalue weighted by atomic mass is 19.1. The average molecular weight is 496 g/mol. The standard InChI is InChI=1S/C24H25FN6O5/c1-24(2,3)36-23(32)30(16-10-8-15(25)9-11-16)29-22-26-14-19(31(33)34)21(28-22)27-18-12-13-35-20-7-5-4-6-17(18)20/h4-11,14,18H,12-13H2,1-3H3,(H2,26,27,28,29). The molecule has 2 aromatic carbocycles. The van der Waals surface area contributed by atoms with E-state index in [1.54, 1.807) is 20.8 Å². The van der Waals surface area contributed by atoms with Crippen molar-refractivity contribution in [2.24, 2.45) is 0 Å². The van der Waals surface area contributed by atoms with E-state index < -0.39 is 22.4 Å². The molecule has 1 aromatic heterocycles. The lowest BCUT2D eigenvalue weighted by atomic mass is 10.0. The van der Waals surface area contributed by atoms with Crippen LogP contribution in [0.2, 0.25) is 0 Å². The fourth-order valence-electron chi connectivity index (χ4n) is 3.54. The monoisotopic (exact) mass is 496 g/mol. The molecule has 2 N–H and O–H groups in total. The second kappa shape index (κ2) is 10.0. The normalized spacial score (nSPS) is 14.7. The number of fused-ring (bicyclic) bond motifs is 1. The van der Waals surface area contributed by atoms with Crippen molar-refractivity contribution in [3.05, 3.63) is 76.2 Å². The first kappa shape index (κ1) is 24.6. The van der Waals surface area contributed by atoms with E-state index in [2.05, 4.69) is 20.7 Å². The molecule has 188 valence electrons. The quantitative estimate of drug-likeness (QED) is 0.348. The van der Waals surface area contributed by atoms with Crippen molar-refractivity contribution in [3.8, 4) is 5.75 Å². The van der Waals surface area contributed by atoms with Crippen LogP contribution in [0.15, 0.2) is 54.7 Å². The number of nitrogens with zero attached hydrogens (tertiary/aromatic N) is 4. The van der Waals surface area contributed by atoms with Crippen LogP contribution in [0.1, 0.15) is 38.8 Å². The molecule has 1 amide bonds. The number of ether oxygens (including phenoxy) is 2. The van der Waals surface area contributed by atoms with Gasteiger partial charge in [0, 0.05) is 12.0 Å². The minimum atomic E-state index is -0.823. The Kier molecular flexibility index (Phi) is 6.86. The molecule has 0 saturated heterocycles. The molecule has 1 unspecified atom stereocenters. The number of hydrogen-bond acceptors (Lipinski definition) is 9. The number of carbonyl (C=O) groups excluding carboxylic acids is 1. The number of amides is 1. The van der Waals surface area contributed by atoms with Gasteiger partial charge in [0.15, 0.2) is 0 Å². The molecular formula is C24H25FN6O5. The molecule has 11 nitrogen and oxygen atoms in total. The number of hydrogen-bond donors (Lipinski definition) is 2. The van der Waals surface area contributed by atoms with Crippen LogP contribution in [-0.4, -0.2) is 33.2 Å². The van der Waals surface area contributed by atoms with E-state index in [1.165, 1.54) is 24.3 Å². The van der Waals surface area contributed by atoms with Crippen LogP contribution in [0.5, 0.6) is 5.75 Å². The van der Waals surface area contributed by atoms with Gasteiger partial charge in [0.1, 0.15) is 23.4 Å². The lowest BCUT2D eigenvalue weighted by molar-refractivity contribution is -0.384. The second-order valence-electron chi connectivity index (χ2n) is 8.96. The van der Waals surface area contributed by atoms with E-state index in [4.69, 9.17) is 9.47 Å². The van der Waals surface area contributed by atoms with E-state index in [1.807, 2.05) is 24.3 Å². The average Bonchev–Trinajstić information content (AvgIpc) is 2.82. The van der Waals surface area contributed by atoms with E-state index in [9.17, 15) is 19.3 Å². The molecule has 4 rings (SSSR count). The Morgan fingerprint density at radius 2 is 1.94 bits per heavy atom. The van der Waals surface area contributed by atoms with Gasteiger partial charge in [-0.2, -0.15) is 9.99 Å². The highest BCUT2D eigenvalue weighted by molar-refractivity contribution is 5.89. The molecule has 36 heavy (non-hydrogen) atoms. The zero-order valence-corrected chi connectivity index (χ0v) is 19.9. The first-order valence-electron chi connectivity index (χ1n) is 11.2. The molecule has 0 fully saturated rings. The number of hydrazine groups is 1. The number of benzene rings is 2. The molecule has 0 saturated carbocycles. The highest BCUT2D eigenvalue weighted by Crippen LogP contribution is 2.36. The SMILES string of the molecule is CC(C)(C)OC(=O)N(Nc1ncc([N+](=O)[O-])c(NC2CCOc3ccccc32)n1)c1ccc(F)cc1. The largest absolute Gasteiger partial charge is 0.493 e. The van der Waals surface area contributed by atoms with Crippen molar-refractivity contribution in [1.82, 2.24) is 9.97 Å². The number of halogens is 1. The Balaban J connectivity index is 1.66. The third-order valence-corrected chi connectivity index (χ3v) is 5.11. The lowest BCUT2D eigenvalue weighted by Crippen LogP contribution is -2.41. The number of anilines is 3. The van der Waals surface area contributed by atoms with Crippen molar-refractivity contribution in [1.29, 1.82) is 0 Å². The van der Waals surface area contributed by atoms with Crippen molar-refractivity contribution in [2.45, 2.75) is 38.8 Å². The van der Waals surface area contributed by atoms with Gasteiger partial charge < -0.3 is 14.8 Å². The maximum absolute atomic E-state index is 13.5. The zero-order chi connectivity index (χ0) is 25.9. The number of para-hydroxylation sites is 1. The summed E-state index contributed by atoms with van der Waals surface area (Å²) >= 11 is 0. The van der Waals surface area contributed by atoms with Gasteiger partial charge in [-0.3, -0.25) is 15.5 Å². The number of nitro groups is 1. The molecule has 1 atom stereocenters. The third kappa shape index (κ3) is 5.77. The summed E-state index contributed by atoms with van der Waals surface area (Å²) in [6, 6.07) is 12.2. The maximum atomic E-state index is 13.5. The molecule has 2 heterocycles. The molecule has 0 aliphatic carbocycles. The molecule has 1 aliphatic heterocycles. The number of carbonyl (C=O) groups is 1. The Morgan fingerprint density at radius 1 is 1.22 bits per heavy atom. The number of nitrogens with one attached hydrogen (secondary N) is 2. The number of aromatic nitrogens is 2. The van der Waals surface area contributed by atoms with Crippen molar-refractivity contribution < 1.29 is 23.6 Å². The van der Waals surface area contributed by atoms with Gasteiger partial charge in [0.25, 0.3) is 0 Å². The number of rotatable bonds is 6. The predicted octanol–water partition coefficient (Wildman–Crippen LogP) is 5.23. The van der Waals surface area contributed by atoms with Crippen molar-refractivity contribution in [2.75, 3.05) is 22.4 Å². The molecule has 0 bridgehead atoms. The van der Waals surface area contributed by atoms with Crippen LogP contribution in [0.3, 0.4) is 0 Å². The Morgan fingerprint density at radius 3 is 2.64 bits per heavy atom. The van der Waals surface area contributed by atoms with E-state index in [-0.39, 0.29) is 29.2 Å². The Bertz CT molecular complexity index is 1260. The Labute approximate surface area is 206 Å². The molecule has 0 spiro atoms. The van der Waals surface area contributed by atoms with Gasteiger partial charge in [-0.05, 0) is 51.1 Å². The molecular weight excluding hydrogens is 471 g/mol. The van der Waals surface area contributed by atoms with E-state index in [0.717, 1.165) is 16.8 Å². The van der Waals surface area contributed by atoms with Gasteiger partial charge in [0.2, 0.25) is 11.8 Å². The van der Waals surface area contributed by atoms with Crippen molar-refractivity contribution in [3.63, 3.8) is 0 Å². The summed E-state index contributed by atoms with van der Waals surface area (Å²) in [6.45, 7) is 5.52. The summed E-state index contributed by atoms with van der Waals surface area (Å²) in [7, 11) is 0. The van der Waals surface area contributed by atoms with Crippen molar-refractivity contribution >= 4 is 29.2 Å². The van der Waals surface area contributed by atoms with Crippen LogP contribution in [0, 0.1) is 15.9 Å². The fourth-order valence-corrected chi connectivity index (χ4v) is 3.54. The van der Waals surface area contributed by atoms with Gasteiger partial charge in [-0.25, -0.2) is 14.2 Å². The Hall–Kier alpha value is -4.48. The topological polar surface area (TPSA) is 132 Å². The van der Waals surface area contributed by atoms with Gasteiger partial charge >= 0.3 is 11.8 Å². The molecule has 0 radical (unpaired) electrons. The third-order valence-electron chi connectivity index (χ3n) is 5.11. The van der Waals surface area contributed by atoms with Crippen LogP contribution < -0.4 is 20.5 Å². The summed E-state index contributed by atoms with van der Waals surface area (Å²) < 4.78 is 24.6. The molecule has 3 aromatic rings. The lowest BCUT2D eigenvalue weighted by Gasteiger charge is -2.28. The minimum absolute atomic E-state index is 0.0394. The van der Waals surface area contributed by atoms with Crippen LogP contribution >= 0.6 is 0 Å². The van der Waals surface area contributed by atoms with Gasteiger partial charge in [0.05, 0.1) is 23.3 Å². The first-order valence-corrected chi connectivity index (χ1v) is 11.2. The summed E-state index contributed by atoms with van der Waals surface area (Å²) in [5, 5.41) is 15.8. The second-order valence-corrected chi connectivity index (χ2v) is 8.96. The summed E-state index contributed by atoms with van der Waals surface area (Å²) in [4.78, 5) is 32.3.